The highest BCUT2D eigenvalue weighted by atomic mass is 32.1. The lowest BCUT2D eigenvalue weighted by atomic mass is 10.1. The van der Waals surface area contributed by atoms with E-state index in [1.165, 1.54) is 0 Å². The lowest BCUT2D eigenvalue weighted by Gasteiger charge is -2.32. The van der Waals surface area contributed by atoms with Gasteiger partial charge in [-0.15, -0.1) is 0 Å². The number of thiophene rings is 1. The predicted octanol–water partition coefficient (Wildman–Crippen LogP) is 1.99. The number of amides is 1. The Labute approximate surface area is 127 Å². The molecule has 1 saturated heterocycles. The zero-order valence-electron chi connectivity index (χ0n) is 11.9. The minimum Gasteiger partial charge on any atom is -0.368 e. The van der Waals surface area contributed by atoms with Crippen LogP contribution < -0.4 is 0 Å². The molecule has 1 atom stereocenters. The fourth-order valence-corrected chi connectivity index (χ4v) is 3.06. The van der Waals surface area contributed by atoms with Gasteiger partial charge in [-0.25, -0.2) is 9.97 Å². The number of carbonyl (C=O) groups excluding carboxylic acids is 1. The molecule has 5 nitrogen and oxygen atoms in total. The number of hydrogen-bond acceptors (Lipinski definition) is 5. The summed E-state index contributed by atoms with van der Waals surface area (Å²) in [5, 5.41) is 4.01. The molecule has 0 saturated carbocycles. The van der Waals surface area contributed by atoms with Crippen LogP contribution in [0.15, 0.2) is 29.1 Å². The monoisotopic (exact) mass is 303 g/mol. The van der Waals surface area contributed by atoms with E-state index in [4.69, 9.17) is 4.74 Å². The van der Waals surface area contributed by atoms with Gasteiger partial charge >= 0.3 is 0 Å². The van der Waals surface area contributed by atoms with E-state index >= 15 is 0 Å². The van der Waals surface area contributed by atoms with Crippen molar-refractivity contribution in [3.8, 4) is 0 Å². The molecule has 6 heteroatoms. The highest BCUT2D eigenvalue weighted by Crippen LogP contribution is 2.21. The first-order chi connectivity index (χ1) is 10.2. The maximum Gasteiger partial charge on any atom is 0.227 e. The van der Waals surface area contributed by atoms with E-state index in [9.17, 15) is 4.79 Å². The number of carbonyl (C=O) groups is 1. The van der Waals surface area contributed by atoms with Crippen LogP contribution in [0.4, 0.5) is 0 Å². The first kappa shape index (κ1) is 14.2. The molecule has 0 bridgehead atoms. The second kappa shape index (κ2) is 6.32. The third-order valence-corrected chi connectivity index (χ3v) is 4.21. The van der Waals surface area contributed by atoms with Gasteiger partial charge in [0.1, 0.15) is 11.9 Å². The average Bonchev–Trinajstić information content (AvgIpc) is 3.00. The molecule has 0 aliphatic carbocycles. The van der Waals surface area contributed by atoms with Crippen molar-refractivity contribution in [3.63, 3.8) is 0 Å². The molecule has 0 spiro atoms. The highest BCUT2D eigenvalue weighted by molar-refractivity contribution is 7.07. The maximum atomic E-state index is 12.4. The van der Waals surface area contributed by atoms with Crippen LogP contribution in [-0.4, -0.2) is 40.5 Å². The van der Waals surface area contributed by atoms with Crippen LogP contribution in [-0.2, 0) is 16.0 Å². The smallest absolute Gasteiger partial charge is 0.227 e. The number of aromatic nitrogens is 2. The van der Waals surface area contributed by atoms with Crippen molar-refractivity contribution in [1.29, 1.82) is 0 Å². The van der Waals surface area contributed by atoms with Crippen LogP contribution >= 0.6 is 11.3 Å². The van der Waals surface area contributed by atoms with Crippen molar-refractivity contribution in [1.82, 2.24) is 14.9 Å². The van der Waals surface area contributed by atoms with Crippen molar-refractivity contribution in [2.45, 2.75) is 19.4 Å². The second-order valence-electron chi connectivity index (χ2n) is 5.04. The Morgan fingerprint density at radius 1 is 1.52 bits per heavy atom. The summed E-state index contributed by atoms with van der Waals surface area (Å²) in [5.41, 5.74) is 1.92. The Kier molecular flexibility index (Phi) is 4.26. The first-order valence-electron chi connectivity index (χ1n) is 6.92. The van der Waals surface area contributed by atoms with E-state index in [0.717, 1.165) is 17.1 Å². The Morgan fingerprint density at radius 3 is 3.19 bits per heavy atom. The van der Waals surface area contributed by atoms with E-state index in [0.29, 0.717) is 26.1 Å². The second-order valence-corrected chi connectivity index (χ2v) is 5.82. The van der Waals surface area contributed by atoms with E-state index < -0.39 is 0 Å². The van der Waals surface area contributed by atoms with Crippen LogP contribution in [0.2, 0.25) is 0 Å². The van der Waals surface area contributed by atoms with Gasteiger partial charge in [0.05, 0.1) is 25.3 Å². The molecule has 1 fully saturated rings. The zero-order chi connectivity index (χ0) is 14.7. The van der Waals surface area contributed by atoms with Crippen LogP contribution in [0.25, 0.3) is 0 Å². The van der Waals surface area contributed by atoms with E-state index in [-0.39, 0.29) is 12.0 Å². The van der Waals surface area contributed by atoms with Crippen molar-refractivity contribution in [2.24, 2.45) is 0 Å². The molecule has 1 aliphatic heterocycles. The summed E-state index contributed by atoms with van der Waals surface area (Å²) in [6, 6.07) is 3.85. The molecule has 110 valence electrons. The average molecular weight is 303 g/mol. The van der Waals surface area contributed by atoms with Crippen LogP contribution in [0, 0.1) is 6.92 Å². The van der Waals surface area contributed by atoms with Gasteiger partial charge in [0, 0.05) is 12.7 Å². The normalized spacial score (nSPS) is 18.7. The highest BCUT2D eigenvalue weighted by Gasteiger charge is 2.26. The number of nitrogens with zero attached hydrogens (tertiary/aromatic N) is 3. The van der Waals surface area contributed by atoms with Gasteiger partial charge in [-0.05, 0) is 35.4 Å². The number of aryl methyl sites for hydroxylation is 1. The van der Waals surface area contributed by atoms with Crippen LogP contribution in [0.5, 0.6) is 0 Å². The van der Waals surface area contributed by atoms with E-state index in [1.807, 2.05) is 34.7 Å². The molecule has 3 rings (SSSR count). The SMILES string of the molecule is Cc1nccc([C@@H]2CN(C(=O)Cc3ccsc3)CCO2)n1. The minimum absolute atomic E-state index is 0.146. The molecule has 0 radical (unpaired) electrons. The van der Waals surface area contributed by atoms with Gasteiger partial charge in [0.15, 0.2) is 0 Å². The van der Waals surface area contributed by atoms with Crippen molar-refractivity contribution in [2.75, 3.05) is 19.7 Å². The third-order valence-electron chi connectivity index (χ3n) is 3.48. The van der Waals surface area contributed by atoms with E-state index in [2.05, 4.69) is 9.97 Å². The molecular formula is C15H17N3O2S. The third kappa shape index (κ3) is 3.46. The summed E-state index contributed by atoms with van der Waals surface area (Å²) in [4.78, 5) is 22.7. The predicted molar refractivity (Wildman–Crippen MR) is 80.1 cm³/mol. The summed E-state index contributed by atoms with van der Waals surface area (Å²) in [7, 11) is 0. The standard InChI is InChI=1S/C15H17N3O2S/c1-11-16-4-2-13(17-11)14-9-18(5-6-20-14)15(19)8-12-3-7-21-10-12/h2-4,7,10,14H,5-6,8-9H2,1H3/t14-/m0/s1. The van der Waals surface area contributed by atoms with Gasteiger partial charge in [-0.3, -0.25) is 4.79 Å². The Hall–Kier alpha value is -1.79. The van der Waals surface area contributed by atoms with Gasteiger partial charge < -0.3 is 9.64 Å². The summed E-state index contributed by atoms with van der Waals surface area (Å²) < 4.78 is 5.75. The molecule has 2 aromatic heterocycles. The lowest BCUT2D eigenvalue weighted by Crippen LogP contribution is -2.43. The molecule has 0 N–H and O–H groups in total. The zero-order valence-corrected chi connectivity index (χ0v) is 12.7. The number of hydrogen-bond donors (Lipinski definition) is 0. The first-order valence-corrected chi connectivity index (χ1v) is 7.86. The fraction of sp³-hybridized carbons (Fsp3) is 0.400. The summed E-state index contributed by atoms with van der Waals surface area (Å²) in [5.74, 6) is 0.866. The molecular weight excluding hydrogens is 286 g/mol. The van der Waals surface area contributed by atoms with Gasteiger partial charge in [-0.1, -0.05) is 0 Å². The summed E-state index contributed by atoms with van der Waals surface area (Å²) in [6.07, 6.45) is 2.03. The van der Waals surface area contributed by atoms with Crippen LogP contribution in [0.3, 0.4) is 0 Å². The van der Waals surface area contributed by atoms with Crippen molar-refractivity contribution >= 4 is 17.2 Å². The molecule has 21 heavy (non-hydrogen) atoms. The Balaban J connectivity index is 1.66. The van der Waals surface area contributed by atoms with Gasteiger partial charge in [-0.2, -0.15) is 11.3 Å². The molecule has 1 aliphatic rings. The lowest BCUT2D eigenvalue weighted by molar-refractivity contribution is -0.138. The fourth-order valence-electron chi connectivity index (χ4n) is 2.39. The molecule has 0 aromatic carbocycles. The number of rotatable bonds is 3. The Morgan fingerprint density at radius 2 is 2.43 bits per heavy atom. The van der Waals surface area contributed by atoms with Gasteiger partial charge in [0.2, 0.25) is 5.91 Å². The number of morpholine rings is 1. The molecule has 1 amide bonds. The minimum atomic E-state index is -0.160. The molecule has 3 heterocycles. The number of ether oxygens (including phenoxy) is 1. The summed E-state index contributed by atoms with van der Waals surface area (Å²) >= 11 is 1.61. The Bertz CT molecular complexity index is 615. The van der Waals surface area contributed by atoms with E-state index in [1.54, 1.807) is 17.5 Å². The maximum absolute atomic E-state index is 12.4. The van der Waals surface area contributed by atoms with Gasteiger partial charge in [0.25, 0.3) is 0 Å². The van der Waals surface area contributed by atoms with Crippen molar-refractivity contribution in [3.05, 3.63) is 46.2 Å². The largest absolute Gasteiger partial charge is 0.368 e. The summed E-state index contributed by atoms with van der Waals surface area (Å²) in [6.45, 7) is 3.60. The quantitative estimate of drug-likeness (QED) is 0.870. The topological polar surface area (TPSA) is 55.3 Å². The molecule has 2 aromatic rings. The van der Waals surface area contributed by atoms with Crippen molar-refractivity contribution < 1.29 is 9.53 Å². The molecule has 0 unspecified atom stereocenters. The van der Waals surface area contributed by atoms with Crippen LogP contribution in [0.1, 0.15) is 23.2 Å².